The normalized spacial score (nSPS) is 13.0. The Bertz CT molecular complexity index is 743. The lowest BCUT2D eigenvalue weighted by Crippen LogP contribution is -2.25. The molecule has 3 rings (SSSR count). The highest BCUT2D eigenvalue weighted by Crippen LogP contribution is 2.34. The van der Waals surface area contributed by atoms with Gasteiger partial charge in [-0.15, -0.1) is 10.2 Å². The van der Waals surface area contributed by atoms with E-state index >= 15 is 0 Å². The number of carbonyl (C=O) groups is 1. The minimum atomic E-state index is -0.112. The zero-order valence-electron chi connectivity index (χ0n) is 13.6. The lowest BCUT2D eigenvalue weighted by Gasteiger charge is -2.18. The summed E-state index contributed by atoms with van der Waals surface area (Å²) in [5, 5.41) is 15.0. The van der Waals surface area contributed by atoms with Crippen LogP contribution in [0.4, 0.5) is 10.8 Å². The minimum absolute atomic E-state index is 0.0712. The number of ether oxygens (including phenoxy) is 2. The number of hydrogen-bond acceptors (Lipinski definition) is 8. The summed E-state index contributed by atoms with van der Waals surface area (Å²) in [5.41, 5.74) is 0.607. The summed E-state index contributed by atoms with van der Waals surface area (Å²) in [5.74, 6) is 1.48. The van der Waals surface area contributed by atoms with Gasteiger partial charge in [-0.05, 0) is 32.9 Å². The third kappa shape index (κ3) is 4.51. The van der Waals surface area contributed by atoms with E-state index in [9.17, 15) is 4.79 Å². The van der Waals surface area contributed by atoms with Gasteiger partial charge in [-0.25, -0.2) is 0 Å². The van der Waals surface area contributed by atoms with Crippen molar-refractivity contribution in [3.63, 3.8) is 0 Å². The Morgan fingerprint density at radius 2 is 2.08 bits per heavy atom. The monoisotopic (exact) mass is 366 g/mol. The Morgan fingerprint density at radius 3 is 2.88 bits per heavy atom. The molecule has 1 aliphatic heterocycles. The van der Waals surface area contributed by atoms with Gasteiger partial charge in [-0.1, -0.05) is 23.1 Å². The molecule has 0 atom stereocenters. The molecular weight excluding hydrogens is 348 g/mol. The number of thioether (sulfide) groups is 1. The standard InChI is InChI=1S/C15H18N4O3S2/c1-15(2,3)17-13-18-19-14(24-13)23-7-12(20)16-9-4-5-10-11(6-9)22-8-21-10/h4-6H,7-8H2,1-3H3,(H,16,20)(H,17,18). The average molecular weight is 366 g/mol. The minimum Gasteiger partial charge on any atom is -0.454 e. The largest absolute Gasteiger partial charge is 0.454 e. The maximum atomic E-state index is 12.1. The van der Waals surface area contributed by atoms with Crippen LogP contribution in [0.25, 0.3) is 0 Å². The first-order chi connectivity index (χ1) is 11.4. The molecule has 2 N–H and O–H groups in total. The molecule has 0 bridgehead atoms. The highest BCUT2D eigenvalue weighted by molar-refractivity contribution is 8.01. The van der Waals surface area contributed by atoms with E-state index in [0.717, 1.165) is 9.47 Å². The highest BCUT2D eigenvalue weighted by Gasteiger charge is 2.16. The van der Waals surface area contributed by atoms with Gasteiger partial charge in [0.15, 0.2) is 15.8 Å². The first-order valence-corrected chi connectivity index (χ1v) is 9.13. The van der Waals surface area contributed by atoms with Crippen LogP contribution in [0.15, 0.2) is 22.5 Å². The summed E-state index contributed by atoms with van der Waals surface area (Å²) in [4.78, 5) is 12.1. The van der Waals surface area contributed by atoms with E-state index in [2.05, 4.69) is 41.6 Å². The van der Waals surface area contributed by atoms with Crippen LogP contribution in [-0.4, -0.2) is 34.2 Å². The Balaban J connectivity index is 1.51. The van der Waals surface area contributed by atoms with Crippen molar-refractivity contribution in [3.8, 4) is 11.5 Å². The van der Waals surface area contributed by atoms with Crippen molar-refractivity contribution in [2.24, 2.45) is 0 Å². The van der Waals surface area contributed by atoms with Crippen molar-refractivity contribution < 1.29 is 14.3 Å². The third-order valence-corrected chi connectivity index (χ3v) is 4.84. The molecule has 1 aromatic carbocycles. The summed E-state index contributed by atoms with van der Waals surface area (Å²) >= 11 is 2.79. The topological polar surface area (TPSA) is 85.4 Å². The summed E-state index contributed by atoms with van der Waals surface area (Å²) in [6.45, 7) is 6.38. The quantitative estimate of drug-likeness (QED) is 0.786. The summed E-state index contributed by atoms with van der Waals surface area (Å²) in [6.07, 6.45) is 0. The fourth-order valence-corrected chi connectivity index (χ4v) is 3.70. The summed E-state index contributed by atoms with van der Waals surface area (Å²) < 4.78 is 11.3. The third-order valence-electron chi connectivity index (χ3n) is 2.87. The van der Waals surface area contributed by atoms with Crippen LogP contribution < -0.4 is 20.1 Å². The number of benzene rings is 1. The van der Waals surface area contributed by atoms with E-state index in [1.54, 1.807) is 18.2 Å². The molecule has 0 unspecified atom stereocenters. The van der Waals surface area contributed by atoms with Crippen molar-refractivity contribution in [1.29, 1.82) is 0 Å². The second-order valence-electron chi connectivity index (χ2n) is 6.15. The van der Waals surface area contributed by atoms with Crippen LogP contribution in [-0.2, 0) is 4.79 Å². The van der Waals surface area contributed by atoms with Gasteiger partial charge in [0.25, 0.3) is 0 Å². The summed E-state index contributed by atoms with van der Waals surface area (Å²) in [7, 11) is 0. The van der Waals surface area contributed by atoms with Crippen molar-refractivity contribution in [1.82, 2.24) is 10.2 Å². The molecule has 1 aromatic heterocycles. The number of hydrogen-bond donors (Lipinski definition) is 2. The molecule has 1 aliphatic rings. The molecule has 2 aromatic rings. The molecule has 0 fully saturated rings. The molecule has 128 valence electrons. The molecule has 0 radical (unpaired) electrons. The van der Waals surface area contributed by atoms with Crippen LogP contribution in [0.3, 0.4) is 0 Å². The van der Waals surface area contributed by atoms with E-state index < -0.39 is 0 Å². The molecular formula is C15H18N4O3S2. The van der Waals surface area contributed by atoms with Crippen LogP contribution in [0, 0.1) is 0 Å². The van der Waals surface area contributed by atoms with E-state index in [0.29, 0.717) is 17.2 Å². The molecule has 0 saturated heterocycles. The SMILES string of the molecule is CC(C)(C)Nc1nnc(SCC(=O)Nc2ccc3c(c2)OCO3)s1. The van der Waals surface area contributed by atoms with Gasteiger partial charge in [-0.2, -0.15) is 0 Å². The van der Waals surface area contributed by atoms with Gasteiger partial charge >= 0.3 is 0 Å². The molecule has 0 aliphatic carbocycles. The van der Waals surface area contributed by atoms with Gasteiger partial charge < -0.3 is 20.1 Å². The first kappa shape index (κ1) is 16.8. The molecule has 0 saturated carbocycles. The molecule has 7 nitrogen and oxygen atoms in total. The maximum absolute atomic E-state index is 12.1. The molecule has 9 heteroatoms. The van der Waals surface area contributed by atoms with Crippen LogP contribution >= 0.6 is 23.1 Å². The Morgan fingerprint density at radius 1 is 1.29 bits per heavy atom. The second-order valence-corrected chi connectivity index (χ2v) is 8.35. The number of anilines is 2. The average Bonchev–Trinajstić information content (AvgIpc) is 3.12. The molecule has 1 amide bonds. The molecule has 24 heavy (non-hydrogen) atoms. The number of aromatic nitrogens is 2. The zero-order valence-corrected chi connectivity index (χ0v) is 15.2. The van der Waals surface area contributed by atoms with Gasteiger partial charge in [0.1, 0.15) is 0 Å². The number of nitrogens with one attached hydrogen (secondary N) is 2. The van der Waals surface area contributed by atoms with Crippen LogP contribution in [0.5, 0.6) is 11.5 Å². The number of rotatable bonds is 5. The van der Waals surface area contributed by atoms with Crippen LogP contribution in [0.1, 0.15) is 20.8 Å². The molecule has 2 heterocycles. The Kier molecular flexibility index (Phi) is 4.81. The predicted molar refractivity (Wildman–Crippen MR) is 95.2 cm³/mol. The molecule has 0 spiro atoms. The fraction of sp³-hybridized carbons (Fsp3) is 0.400. The Hall–Kier alpha value is -2.00. The van der Waals surface area contributed by atoms with Crippen molar-refractivity contribution in [2.45, 2.75) is 30.6 Å². The number of carbonyl (C=O) groups excluding carboxylic acids is 1. The van der Waals surface area contributed by atoms with E-state index in [4.69, 9.17) is 9.47 Å². The fourth-order valence-electron chi connectivity index (χ4n) is 1.94. The lowest BCUT2D eigenvalue weighted by molar-refractivity contribution is -0.113. The summed E-state index contributed by atoms with van der Waals surface area (Å²) in [6, 6.07) is 5.31. The highest BCUT2D eigenvalue weighted by atomic mass is 32.2. The number of amides is 1. The Labute approximate surface area is 148 Å². The van der Waals surface area contributed by atoms with Crippen molar-refractivity contribution >= 4 is 39.8 Å². The van der Waals surface area contributed by atoms with Gasteiger partial charge in [0.05, 0.1) is 5.75 Å². The van der Waals surface area contributed by atoms with Crippen molar-refractivity contribution in [3.05, 3.63) is 18.2 Å². The zero-order chi connectivity index (χ0) is 17.2. The van der Waals surface area contributed by atoms with Gasteiger partial charge in [-0.3, -0.25) is 4.79 Å². The van der Waals surface area contributed by atoms with E-state index in [1.165, 1.54) is 23.1 Å². The van der Waals surface area contributed by atoms with E-state index in [1.807, 2.05) is 0 Å². The van der Waals surface area contributed by atoms with E-state index in [-0.39, 0.29) is 24.0 Å². The number of nitrogens with zero attached hydrogens (tertiary/aromatic N) is 2. The van der Waals surface area contributed by atoms with Gasteiger partial charge in [0, 0.05) is 17.3 Å². The number of fused-ring (bicyclic) bond motifs is 1. The lowest BCUT2D eigenvalue weighted by atomic mass is 10.1. The maximum Gasteiger partial charge on any atom is 0.234 e. The first-order valence-electron chi connectivity index (χ1n) is 7.33. The van der Waals surface area contributed by atoms with Crippen LogP contribution in [0.2, 0.25) is 0 Å². The predicted octanol–water partition coefficient (Wildman–Crippen LogP) is 3.21. The van der Waals surface area contributed by atoms with Crippen molar-refractivity contribution in [2.75, 3.05) is 23.2 Å². The smallest absolute Gasteiger partial charge is 0.234 e. The second kappa shape index (κ2) is 6.86. The van der Waals surface area contributed by atoms with Gasteiger partial charge in [0.2, 0.25) is 17.8 Å².